The monoisotopic (exact) mass is 631 g/mol. The first-order chi connectivity index (χ1) is 22.6. The molecule has 0 spiro atoms. The number of aryl methyl sites for hydroxylation is 1. The molecule has 242 valence electrons. The third-order valence-corrected chi connectivity index (χ3v) is 7.94. The molecule has 2 atom stereocenters. The zero-order valence-corrected chi connectivity index (χ0v) is 27.9. The molecule has 0 N–H and O–H groups in total. The number of benzene rings is 4. The molecule has 47 heavy (non-hydrogen) atoms. The Bertz CT molecular complexity index is 1840. The van der Waals surface area contributed by atoms with Gasteiger partial charge in [-0.25, -0.2) is 4.90 Å². The van der Waals surface area contributed by atoms with Gasteiger partial charge in [0.05, 0.1) is 22.9 Å². The Balaban J connectivity index is 1.30. The maximum absolute atomic E-state index is 13.6. The van der Waals surface area contributed by atoms with Gasteiger partial charge in [0, 0.05) is 18.1 Å². The maximum atomic E-state index is 13.6. The van der Waals surface area contributed by atoms with Gasteiger partial charge in [-0.1, -0.05) is 37.3 Å². The average molecular weight is 632 g/mol. The van der Waals surface area contributed by atoms with Gasteiger partial charge >= 0.3 is 0 Å². The topological polar surface area (TPSA) is 74.3 Å². The molecule has 7 heteroatoms. The number of hydrogen-bond acceptors (Lipinski definition) is 6. The van der Waals surface area contributed by atoms with Gasteiger partial charge in [0.2, 0.25) is 0 Å². The van der Waals surface area contributed by atoms with Gasteiger partial charge in [0.1, 0.15) is 40.6 Å². The third kappa shape index (κ3) is 7.58. The van der Waals surface area contributed by atoms with E-state index in [1.165, 1.54) is 4.90 Å². The molecular formula is C40H41NO6. The summed E-state index contributed by atoms with van der Waals surface area (Å²) in [6.45, 7) is 14.0. The Labute approximate surface area is 277 Å². The number of hydrogen-bond donors (Lipinski definition) is 0. The van der Waals surface area contributed by atoms with Gasteiger partial charge in [-0.15, -0.1) is 0 Å². The summed E-state index contributed by atoms with van der Waals surface area (Å²) >= 11 is 0. The van der Waals surface area contributed by atoms with Crippen LogP contribution < -0.4 is 19.1 Å². The number of carbonyl (C=O) groups excluding carboxylic acids is 2. The largest absolute Gasteiger partial charge is 0.491 e. The zero-order chi connectivity index (χ0) is 33.7. The molecule has 0 saturated carbocycles. The SMILES string of the molecule is CC=C(OC(C)C)/C(=C/C)[C@H](C)[C@@H](C)Oc1ccc2c(c1)C(=O)N(c1cccc(Oc3cccc(Oc4cccc(C)c4)c3)c1)C2=O. The number of nitrogens with zero attached hydrogens (tertiary/aromatic N) is 1. The Hall–Kier alpha value is -5.30. The molecule has 1 aliphatic heterocycles. The van der Waals surface area contributed by atoms with Gasteiger partial charge < -0.3 is 18.9 Å². The van der Waals surface area contributed by atoms with Crippen LogP contribution in [0.2, 0.25) is 0 Å². The summed E-state index contributed by atoms with van der Waals surface area (Å²) in [6.07, 6.45) is 3.82. The summed E-state index contributed by atoms with van der Waals surface area (Å²) in [6, 6.07) is 27.0. The van der Waals surface area contributed by atoms with E-state index < -0.39 is 11.8 Å². The molecule has 0 aliphatic carbocycles. The first-order valence-electron chi connectivity index (χ1n) is 15.9. The van der Waals surface area contributed by atoms with Crippen LogP contribution in [0, 0.1) is 12.8 Å². The molecule has 5 rings (SSSR count). The first-order valence-corrected chi connectivity index (χ1v) is 15.9. The normalized spacial score (nSPS) is 14.6. The number of anilines is 1. The summed E-state index contributed by atoms with van der Waals surface area (Å²) in [5.41, 5.74) is 3.17. The molecule has 0 unspecified atom stereocenters. The van der Waals surface area contributed by atoms with E-state index in [0.29, 0.717) is 39.8 Å². The highest BCUT2D eigenvalue weighted by Crippen LogP contribution is 2.35. The summed E-state index contributed by atoms with van der Waals surface area (Å²) in [5.74, 6) is 2.90. The van der Waals surface area contributed by atoms with E-state index in [9.17, 15) is 9.59 Å². The van der Waals surface area contributed by atoms with E-state index >= 15 is 0 Å². The zero-order valence-electron chi connectivity index (χ0n) is 27.9. The quantitative estimate of drug-likeness (QED) is 0.0880. The van der Waals surface area contributed by atoms with Crippen molar-refractivity contribution in [2.24, 2.45) is 5.92 Å². The van der Waals surface area contributed by atoms with Crippen LogP contribution in [0.5, 0.6) is 28.7 Å². The third-order valence-electron chi connectivity index (χ3n) is 7.94. The van der Waals surface area contributed by atoms with Crippen molar-refractivity contribution in [1.29, 1.82) is 0 Å². The van der Waals surface area contributed by atoms with Crippen molar-refractivity contribution >= 4 is 17.5 Å². The second-order valence-corrected chi connectivity index (χ2v) is 11.8. The van der Waals surface area contributed by atoms with Crippen LogP contribution in [0.1, 0.15) is 67.8 Å². The first kappa shape index (κ1) is 33.1. The minimum atomic E-state index is -0.419. The van der Waals surface area contributed by atoms with Crippen molar-refractivity contribution in [2.45, 2.75) is 60.7 Å². The Kier molecular flexibility index (Phi) is 10.1. The molecule has 1 aliphatic rings. The van der Waals surface area contributed by atoms with Crippen LogP contribution >= 0.6 is 0 Å². The summed E-state index contributed by atoms with van der Waals surface area (Å²) in [4.78, 5) is 28.3. The van der Waals surface area contributed by atoms with Crippen molar-refractivity contribution in [3.8, 4) is 28.7 Å². The number of amides is 2. The smallest absolute Gasteiger partial charge is 0.266 e. The van der Waals surface area contributed by atoms with Crippen LogP contribution in [0.15, 0.2) is 114 Å². The van der Waals surface area contributed by atoms with Crippen molar-refractivity contribution in [3.63, 3.8) is 0 Å². The van der Waals surface area contributed by atoms with Gasteiger partial charge in [-0.2, -0.15) is 0 Å². The fourth-order valence-corrected chi connectivity index (χ4v) is 5.52. The van der Waals surface area contributed by atoms with Crippen LogP contribution in [-0.2, 0) is 4.74 Å². The van der Waals surface area contributed by atoms with Crippen molar-refractivity contribution in [2.75, 3.05) is 4.90 Å². The van der Waals surface area contributed by atoms with Gasteiger partial charge in [-0.05, 0) is 113 Å². The highest BCUT2D eigenvalue weighted by atomic mass is 16.5. The molecular weight excluding hydrogens is 590 g/mol. The number of imide groups is 1. The van der Waals surface area contributed by atoms with Crippen LogP contribution in [0.25, 0.3) is 0 Å². The van der Waals surface area contributed by atoms with E-state index in [-0.39, 0.29) is 18.1 Å². The maximum Gasteiger partial charge on any atom is 0.266 e. The number of rotatable bonds is 12. The van der Waals surface area contributed by atoms with Gasteiger partial charge in [0.25, 0.3) is 11.8 Å². The Morgan fingerprint density at radius 2 is 1.26 bits per heavy atom. The fourth-order valence-electron chi connectivity index (χ4n) is 5.52. The minimum absolute atomic E-state index is 0.00423. The molecule has 7 nitrogen and oxygen atoms in total. The Morgan fingerprint density at radius 3 is 1.87 bits per heavy atom. The van der Waals surface area contributed by atoms with E-state index in [1.807, 2.05) is 96.2 Å². The Morgan fingerprint density at radius 1 is 0.660 bits per heavy atom. The predicted octanol–water partition coefficient (Wildman–Crippen LogP) is 10.1. The van der Waals surface area contributed by atoms with Gasteiger partial charge in [-0.3, -0.25) is 9.59 Å². The average Bonchev–Trinajstić information content (AvgIpc) is 3.29. The van der Waals surface area contributed by atoms with Crippen molar-refractivity contribution in [1.82, 2.24) is 0 Å². The van der Waals surface area contributed by atoms with E-state index in [0.717, 1.165) is 22.6 Å². The van der Waals surface area contributed by atoms with Crippen molar-refractivity contribution in [3.05, 3.63) is 131 Å². The predicted molar refractivity (Wildman–Crippen MR) is 185 cm³/mol. The molecule has 0 aromatic heterocycles. The van der Waals surface area contributed by atoms with Crippen LogP contribution in [-0.4, -0.2) is 24.0 Å². The molecule has 0 fully saturated rings. The highest BCUT2D eigenvalue weighted by Gasteiger charge is 2.37. The molecule has 2 amide bonds. The standard InChI is InChI=1S/C40H41NO6/c1-8-35(38(9-2)44-25(3)4)27(6)28(7)45-34-19-20-36-37(24-34)40(43)41(39(36)42)29-14-11-16-31(22-29)47-33-18-12-17-32(23-33)46-30-15-10-13-26(5)21-30/h8-25,27-28H,1-7H3/b35-8+,38-9?/t27-,28-/m1/s1. The molecule has 1 heterocycles. The summed E-state index contributed by atoms with van der Waals surface area (Å²) in [7, 11) is 0. The number of allylic oxidation sites excluding steroid dienone is 3. The summed E-state index contributed by atoms with van der Waals surface area (Å²) < 4.78 is 24.5. The lowest BCUT2D eigenvalue weighted by Crippen LogP contribution is -2.29. The van der Waals surface area contributed by atoms with Crippen LogP contribution in [0.3, 0.4) is 0 Å². The lowest BCUT2D eigenvalue weighted by Gasteiger charge is -2.26. The minimum Gasteiger partial charge on any atom is -0.491 e. The fraction of sp³-hybridized carbons (Fsp3) is 0.250. The highest BCUT2D eigenvalue weighted by molar-refractivity contribution is 6.34. The molecule has 4 aromatic carbocycles. The molecule has 0 saturated heterocycles. The number of ether oxygens (including phenoxy) is 4. The van der Waals surface area contributed by atoms with E-state index in [2.05, 4.69) is 6.92 Å². The lowest BCUT2D eigenvalue weighted by molar-refractivity contribution is 0.0926. The molecule has 0 bridgehead atoms. The molecule has 4 aromatic rings. The second-order valence-electron chi connectivity index (χ2n) is 11.8. The second kappa shape index (κ2) is 14.4. The van der Waals surface area contributed by atoms with E-state index in [1.54, 1.807) is 48.5 Å². The summed E-state index contributed by atoms with van der Waals surface area (Å²) in [5, 5.41) is 0. The molecule has 0 radical (unpaired) electrons. The van der Waals surface area contributed by atoms with Crippen LogP contribution in [0.4, 0.5) is 5.69 Å². The number of carbonyl (C=O) groups is 2. The van der Waals surface area contributed by atoms with E-state index in [4.69, 9.17) is 18.9 Å². The van der Waals surface area contributed by atoms with Crippen molar-refractivity contribution < 1.29 is 28.5 Å². The van der Waals surface area contributed by atoms with Gasteiger partial charge in [0.15, 0.2) is 0 Å². The lowest BCUT2D eigenvalue weighted by atomic mass is 9.93. The number of fused-ring (bicyclic) bond motifs is 1.